The van der Waals surface area contributed by atoms with Gasteiger partial charge in [0.15, 0.2) is 0 Å². The molecular formula is C14H22N2O2. The van der Waals surface area contributed by atoms with E-state index in [9.17, 15) is 4.79 Å². The molecule has 0 aromatic heterocycles. The predicted octanol–water partition coefficient (Wildman–Crippen LogP) is 2.29. The van der Waals surface area contributed by atoms with Crippen molar-refractivity contribution in [2.24, 2.45) is 5.73 Å². The molecule has 0 saturated carbocycles. The van der Waals surface area contributed by atoms with Gasteiger partial charge in [-0.15, -0.1) is 0 Å². The number of rotatable bonds is 7. The molecule has 18 heavy (non-hydrogen) atoms. The largest absolute Gasteiger partial charge is 0.380 e. The number of unbranched alkanes of at least 4 members (excludes halogenated alkanes) is 1. The molecule has 4 heteroatoms. The molecule has 0 fully saturated rings. The monoisotopic (exact) mass is 250 g/mol. The summed E-state index contributed by atoms with van der Waals surface area (Å²) in [5, 5.41) is 2.86. The van der Waals surface area contributed by atoms with E-state index in [4.69, 9.17) is 10.5 Å². The number of nitrogens with two attached hydrogens (primary N) is 1. The Kier molecular flexibility index (Phi) is 6.39. The minimum atomic E-state index is -0.444. The average Bonchev–Trinajstić information content (AvgIpc) is 2.38. The van der Waals surface area contributed by atoms with Crippen LogP contribution in [-0.2, 0) is 16.1 Å². The highest BCUT2D eigenvalue weighted by Gasteiger charge is 2.14. The van der Waals surface area contributed by atoms with Crippen LogP contribution in [0.5, 0.6) is 0 Å². The number of amides is 1. The summed E-state index contributed by atoms with van der Waals surface area (Å²) in [6.07, 6.45) is 2.73. The lowest BCUT2D eigenvalue weighted by molar-refractivity contribution is -0.117. The molecule has 0 aliphatic carbocycles. The van der Waals surface area contributed by atoms with Crippen molar-refractivity contribution in [1.29, 1.82) is 0 Å². The van der Waals surface area contributed by atoms with E-state index < -0.39 is 6.04 Å². The molecule has 1 unspecified atom stereocenters. The van der Waals surface area contributed by atoms with Gasteiger partial charge in [-0.25, -0.2) is 0 Å². The minimum absolute atomic E-state index is 0.132. The SMILES string of the molecule is CCCCC(N)C(=O)Nc1ccccc1COC. The Bertz CT molecular complexity index is 380. The summed E-state index contributed by atoms with van der Waals surface area (Å²) in [5.41, 5.74) is 7.56. The van der Waals surface area contributed by atoms with Crippen LogP contribution in [0.4, 0.5) is 5.69 Å². The van der Waals surface area contributed by atoms with Crippen molar-refractivity contribution in [3.05, 3.63) is 29.8 Å². The van der Waals surface area contributed by atoms with Crippen LogP contribution in [0, 0.1) is 0 Å². The van der Waals surface area contributed by atoms with E-state index in [-0.39, 0.29) is 5.91 Å². The molecule has 0 spiro atoms. The van der Waals surface area contributed by atoms with Crippen molar-refractivity contribution >= 4 is 11.6 Å². The second kappa shape index (κ2) is 7.84. The van der Waals surface area contributed by atoms with Gasteiger partial charge in [-0.1, -0.05) is 38.0 Å². The fraction of sp³-hybridized carbons (Fsp3) is 0.500. The minimum Gasteiger partial charge on any atom is -0.380 e. The molecule has 1 aromatic rings. The number of ether oxygens (including phenoxy) is 1. The van der Waals surface area contributed by atoms with Gasteiger partial charge in [-0.05, 0) is 12.5 Å². The van der Waals surface area contributed by atoms with E-state index in [1.807, 2.05) is 24.3 Å². The van der Waals surface area contributed by atoms with Crippen LogP contribution in [0.15, 0.2) is 24.3 Å². The van der Waals surface area contributed by atoms with Gasteiger partial charge in [0.1, 0.15) is 0 Å². The molecule has 0 aliphatic heterocycles. The first-order chi connectivity index (χ1) is 8.69. The summed E-state index contributed by atoms with van der Waals surface area (Å²) in [6, 6.07) is 7.14. The molecule has 0 saturated heterocycles. The number of carbonyl (C=O) groups excluding carboxylic acids is 1. The highest BCUT2D eigenvalue weighted by atomic mass is 16.5. The van der Waals surface area contributed by atoms with Crippen molar-refractivity contribution in [1.82, 2.24) is 0 Å². The van der Waals surface area contributed by atoms with Crippen molar-refractivity contribution in [2.45, 2.75) is 38.8 Å². The molecule has 0 aliphatic rings. The van der Waals surface area contributed by atoms with E-state index in [0.717, 1.165) is 30.5 Å². The van der Waals surface area contributed by atoms with E-state index >= 15 is 0 Å². The summed E-state index contributed by atoms with van der Waals surface area (Å²) in [4.78, 5) is 11.9. The quantitative estimate of drug-likeness (QED) is 0.780. The van der Waals surface area contributed by atoms with E-state index in [1.165, 1.54) is 0 Å². The molecule has 0 heterocycles. The number of carbonyl (C=O) groups is 1. The molecule has 0 bridgehead atoms. The molecule has 1 amide bonds. The van der Waals surface area contributed by atoms with Gasteiger partial charge in [-0.3, -0.25) is 4.79 Å². The van der Waals surface area contributed by atoms with Gasteiger partial charge in [0.25, 0.3) is 0 Å². The average molecular weight is 250 g/mol. The third kappa shape index (κ3) is 4.47. The fourth-order valence-electron chi connectivity index (χ4n) is 1.70. The number of hydrogen-bond donors (Lipinski definition) is 2. The predicted molar refractivity (Wildman–Crippen MR) is 73.3 cm³/mol. The summed E-state index contributed by atoms with van der Waals surface area (Å²) in [7, 11) is 1.63. The third-order valence-electron chi connectivity index (χ3n) is 2.78. The highest BCUT2D eigenvalue weighted by Crippen LogP contribution is 2.16. The first kappa shape index (κ1) is 14.7. The summed E-state index contributed by atoms with van der Waals surface area (Å²) >= 11 is 0. The van der Waals surface area contributed by atoms with Gasteiger partial charge in [0.05, 0.1) is 12.6 Å². The Labute approximate surface area is 109 Å². The van der Waals surface area contributed by atoms with Gasteiger partial charge in [0.2, 0.25) is 5.91 Å². The van der Waals surface area contributed by atoms with E-state index in [2.05, 4.69) is 12.2 Å². The van der Waals surface area contributed by atoms with Crippen molar-refractivity contribution < 1.29 is 9.53 Å². The van der Waals surface area contributed by atoms with Crippen LogP contribution in [0.1, 0.15) is 31.7 Å². The van der Waals surface area contributed by atoms with E-state index in [1.54, 1.807) is 7.11 Å². The third-order valence-corrected chi connectivity index (χ3v) is 2.78. The second-order valence-corrected chi connectivity index (χ2v) is 4.33. The lowest BCUT2D eigenvalue weighted by atomic mass is 10.1. The van der Waals surface area contributed by atoms with Gasteiger partial charge >= 0.3 is 0 Å². The first-order valence-corrected chi connectivity index (χ1v) is 6.32. The molecule has 3 N–H and O–H groups in total. The van der Waals surface area contributed by atoms with Crippen molar-refractivity contribution in [3.63, 3.8) is 0 Å². The zero-order valence-electron chi connectivity index (χ0n) is 11.1. The normalized spacial score (nSPS) is 12.2. The van der Waals surface area contributed by atoms with Crippen LogP contribution in [0.2, 0.25) is 0 Å². The maximum Gasteiger partial charge on any atom is 0.241 e. The van der Waals surface area contributed by atoms with E-state index in [0.29, 0.717) is 6.61 Å². The van der Waals surface area contributed by atoms with Crippen LogP contribution in [-0.4, -0.2) is 19.1 Å². The molecule has 100 valence electrons. The number of nitrogens with one attached hydrogen (secondary N) is 1. The summed E-state index contributed by atoms with van der Waals surface area (Å²) < 4.78 is 5.09. The zero-order valence-corrected chi connectivity index (χ0v) is 11.1. The Morgan fingerprint density at radius 3 is 2.83 bits per heavy atom. The number of benzene rings is 1. The Hall–Kier alpha value is -1.39. The fourth-order valence-corrected chi connectivity index (χ4v) is 1.70. The van der Waals surface area contributed by atoms with Crippen LogP contribution < -0.4 is 11.1 Å². The number of hydrogen-bond acceptors (Lipinski definition) is 3. The Balaban J connectivity index is 2.63. The Morgan fingerprint density at radius 1 is 1.44 bits per heavy atom. The molecule has 1 rings (SSSR count). The molecular weight excluding hydrogens is 228 g/mol. The lowest BCUT2D eigenvalue weighted by Gasteiger charge is -2.14. The van der Waals surface area contributed by atoms with Crippen LogP contribution in [0.25, 0.3) is 0 Å². The summed E-state index contributed by atoms with van der Waals surface area (Å²) in [6.45, 7) is 2.55. The van der Waals surface area contributed by atoms with Gasteiger partial charge in [0, 0.05) is 18.4 Å². The number of para-hydroxylation sites is 1. The standard InChI is InChI=1S/C14H22N2O2/c1-3-4-8-12(15)14(17)16-13-9-6-5-7-11(13)10-18-2/h5-7,9,12H,3-4,8,10,15H2,1-2H3,(H,16,17). The molecule has 4 nitrogen and oxygen atoms in total. The molecule has 1 aromatic carbocycles. The number of methoxy groups -OCH3 is 1. The van der Waals surface area contributed by atoms with Crippen LogP contribution in [0.3, 0.4) is 0 Å². The second-order valence-electron chi connectivity index (χ2n) is 4.33. The number of anilines is 1. The summed E-state index contributed by atoms with van der Waals surface area (Å²) in [5.74, 6) is -0.132. The van der Waals surface area contributed by atoms with Crippen molar-refractivity contribution in [3.8, 4) is 0 Å². The van der Waals surface area contributed by atoms with Gasteiger partial charge < -0.3 is 15.8 Å². The molecule has 0 radical (unpaired) electrons. The lowest BCUT2D eigenvalue weighted by Crippen LogP contribution is -2.35. The Morgan fingerprint density at radius 2 is 2.17 bits per heavy atom. The maximum atomic E-state index is 11.9. The highest BCUT2D eigenvalue weighted by molar-refractivity contribution is 5.95. The zero-order chi connectivity index (χ0) is 13.4. The van der Waals surface area contributed by atoms with Gasteiger partial charge in [-0.2, -0.15) is 0 Å². The smallest absolute Gasteiger partial charge is 0.241 e. The van der Waals surface area contributed by atoms with Crippen molar-refractivity contribution in [2.75, 3.05) is 12.4 Å². The topological polar surface area (TPSA) is 64.4 Å². The molecule has 1 atom stereocenters. The maximum absolute atomic E-state index is 11.9. The first-order valence-electron chi connectivity index (χ1n) is 6.32. The van der Waals surface area contributed by atoms with Crippen LogP contribution >= 0.6 is 0 Å².